The maximum Gasteiger partial charge on any atom is 0.326 e. The van der Waals surface area contributed by atoms with Crippen molar-refractivity contribution < 1.29 is 27.9 Å². The molecular weight excluding hydrogens is 362 g/mol. The summed E-state index contributed by atoms with van der Waals surface area (Å²) in [6.07, 6.45) is 0. The molecule has 0 aromatic heterocycles. The highest BCUT2D eigenvalue weighted by Crippen LogP contribution is 2.16. The van der Waals surface area contributed by atoms with E-state index < -0.39 is 27.9 Å². The Balaban J connectivity index is 3.07. The van der Waals surface area contributed by atoms with Gasteiger partial charge < -0.3 is 15.3 Å². The van der Waals surface area contributed by atoms with Crippen molar-refractivity contribution >= 4 is 27.8 Å². The standard InChI is InChI=1S/C16H23N3O6S/c1-11(16(22)23)19(10-9-17-12(2)20)15(21)13-5-7-14(8-6-13)26(24,25)18(3)4/h5-8,11H,9-10H2,1-4H3,(H,17,20)(H,22,23). The molecule has 1 aromatic rings. The first kappa shape index (κ1) is 21.6. The van der Waals surface area contributed by atoms with Crippen LogP contribution in [0.1, 0.15) is 24.2 Å². The number of carbonyl (C=O) groups is 3. The Morgan fingerprint density at radius 1 is 1.15 bits per heavy atom. The fourth-order valence-corrected chi connectivity index (χ4v) is 3.00. The molecule has 9 nitrogen and oxygen atoms in total. The fourth-order valence-electron chi connectivity index (χ4n) is 2.10. The van der Waals surface area contributed by atoms with E-state index in [4.69, 9.17) is 0 Å². The van der Waals surface area contributed by atoms with Crippen molar-refractivity contribution in [1.29, 1.82) is 0 Å². The van der Waals surface area contributed by atoms with Crippen molar-refractivity contribution in [3.05, 3.63) is 29.8 Å². The molecule has 2 amide bonds. The molecule has 26 heavy (non-hydrogen) atoms. The van der Waals surface area contributed by atoms with Crippen LogP contribution in [0.3, 0.4) is 0 Å². The van der Waals surface area contributed by atoms with Gasteiger partial charge >= 0.3 is 5.97 Å². The van der Waals surface area contributed by atoms with Crippen LogP contribution in [0.5, 0.6) is 0 Å². The number of hydrogen-bond acceptors (Lipinski definition) is 5. The lowest BCUT2D eigenvalue weighted by molar-refractivity contribution is -0.141. The molecule has 0 spiro atoms. The molecule has 144 valence electrons. The zero-order valence-electron chi connectivity index (χ0n) is 15.1. The predicted octanol–water partition coefficient (Wildman–Crippen LogP) is -0.0117. The number of sulfonamides is 1. The normalized spacial score (nSPS) is 12.5. The Kier molecular flexibility index (Phi) is 7.28. The third kappa shape index (κ3) is 5.27. The molecule has 0 saturated carbocycles. The topological polar surface area (TPSA) is 124 Å². The molecular formula is C16H23N3O6S. The summed E-state index contributed by atoms with van der Waals surface area (Å²) in [6, 6.07) is 4.14. The Morgan fingerprint density at radius 3 is 2.12 bits per heavy atom. The van der Waals surface area contributed by atoms with E-state index in [1.54, 1.807) is 0 Å². The Bertz CT molecular complexity index is 774. The Morgan fingerprint density at radius 2 is 1.69 bits per heavy atom. The van der Waals surface area contributed by atoms with Gasteiger partial charge in [0.2, 0.25) is 15.9 Å². The molecule has 0 saturated heterocycles. The van der Waals surface area contributed by atoms with Gasteiger partial charge in [0, 0.05) is 39.7 Å². The van der Waals surface area contributed by atoms with E-state index in [1.807, 2.05) is 0 Å². The number of carboxylic acids is 1. The highest BCUT2D eigenvalue weighted by atomic mass is 32.2. The smallest absolute Gasteiger partial charge is 0.326 e. The van der Waals surface area contributed by atoms with Crippen LogP contribution in [0.2, 0.25) is 0 Å². The summed E-state index contributed by atoms with van der Waals surface area (Å²) in [4.78, 5) is 36.0. The molecule has 0 heterocycles. The second-order valence-electron chi connectivity index (χ2n) is 5.81. The first-order chi connectivity index (χ1) is 12.0. The van der Waals surface area contributed by atoms with Gasteiger partial charge in [-0.2, -0.15) is 0 Å². The van der Waals surface area contributed by atoms with Gasteiger partial charge in [0.1, 0.15) is 6.04 Å². The summed E-state index contributed by atoms with van der Waals surface area (Å²) in [5.74, 6) is -2.05. The van der Waals surface area contributed by atoms with E-state index in [0.717, 1.165) is 9.21 Å². The third-order valence-corrected chi connectivity index (χ3v) is 5.52. The summed E-state index contributed by atoms with van der Waals surface area (Å²) in [6.45, 7) is 2.78. The number of carboxylic acid groups (broad SMARTS) is 1. The van der Waals surface area contributed by atoms with Crippen LogP contribution >= 0.6 is 0 Å². The lowest BCUT2D eigenvalue weighted by Crippen LogP contribution is -2.46. The largest absolute Gasteiger partial charge is 0.480 e. The zero-order valence-corrected chi connectivity index (χ0v) is 15.9. The molecule has 0 aliphatic heterocycles. The maximum absolute atomic E-state index is 12.7. The molecule has 0 bridgehead atoms. The van der Waals surface area contributed by atoms with Gasteiger partial charge in [-0.15, -0.1) is 0 Å². The van der Waals surface area contributed by atoms with Crippen LogP contribution in [0.25, 0.3) is 0 Å². The quantitative estimate of drug-likeness (QED) is 0.648. The minimum Gasteiger partial charge on any atom is -0.480 e. The van der Waals surface area contributed by atoms with Crippen molar-refractivity contribution in [3.63, 3.8) is 0 Å². The van der Waals surface area contributed by atoms with E-state index in [2.05, 4.69) is 5.32 Å². The number of amides is 2. The molecule has 0 aliphatic rings. The van der Waals surface area contributed by atoms with E-state index in [-0.39, 0.29) is 29.5 Å². The number of carbonyl (C=O) groups excluding carboxylic acids is 2. The first-order valence-corrected chi connectivity index (χ1v) is 9.23. The minimum atomic E-state index is -3.63. The van der Waals surface area contributed by atoms with E-state index in [0.29, 0.717) is 0 Å². The van der Waals surface area contributed by atoms with E-state index in [1.165, 1.54) is 52.2 Å². The predicted molar refractivity (Wildman–Crippen MR) is 94.1 cm³/mol. The van der Waals surface area contributed by atoms with Gasteiger partial charge in [0.15, 0.2) is 0 Å². The SMILES string of the molecule is CC(=O)NCCN(C(=O)c1ccc(S(=O)(=O)N(C)C)cc1)C(C)C(=O)O. The number of hydrogen-bond donors (Lipinski definition) is 2. The summed E-state index contributed by atoms with van der Waals surface area (Å²) in [7, 11) is -0.835. The monoisotopic (exact) mass is 385 g/mol. The minimum absolute atomic E-state index is 0.00360. The van der Waals surface area contributed by atoms with Crippen molar-refractivity contribution in [2.45, 2.75) is 24.8 Å². The second-order valence-corrected chi connectivity index (χ2v) is 7.96. The number of aliphatic carboxylic acids is 1. The zero-order chi connectivity index (χ0) is 20.1. The number of nitrogens with zero attached hydrogens (tertiary/aromatic N) is 2. The van der Waals surface area contributed by atoms with Crippen LogP contribution in [0.15, 0.2) is 29.2 Å². The van der Waals surface area contributed by atoms with Crippen molar-refractivity contribution in [1.82, 2.24) is 14.5 Å². The number of nitrogens with one attached hydrogen (secondary N) is 1. The first-order valence-electron chi connectivity index (χ1n) is 7.79. The lowest BCUT2D eigenvalue weighted by Gasteiger charge is -2.26. The van der Waals surface area contributed by atoms with Gasteiger partial charge in [-0.25, -0.2) is 17.5 Å². The van der Waals surface area contributed by atoms with Gasteiger partial charge in [-0.05, 0) is 31.2 Å². The molecule has 1 atom stereocenters. The molecule has 1 rings (SSSR count). The van der Waals surface area contributed by atoms with Crippen LogP contribution in [-0.2, 0) is 19.6 Å². The summed E-state index contributed by atoms with van der Waals surface area (Å²) < 4.78 is 25.2. The van der Waals surface area contributed by atoms with Crippen molar-refractivity contribution in [3.8, 4) is 0 Å². The van der Waals surface area contributed by atoms with Gasteiger partial charge in [0.05, 0.1) is 4.90 Å². The molecule has 0 fully saturated rings. The molecule has 1 unspecified atom stereocenters. The fraction of sp³-hybridized carbons (Fsp3) is 0.438. The van der Waals surface area contributed by atoms with Gasteiger partial charge in [-0.3, -0.25) is 9.59 Å². The van der Waals surface area contributed by atoms with Crippen LogP contribution in [-0.4, -0.2) is 73.7 Å². The van der Waals surface area contributed by atoms with Crippen LogP contribution < -0.4 is 5.32 Å². The average molecular weight is 385 g/mol. The Hall–Kier alpha value is -2.46. The van der Waals surface area contributed by atoms with Gasteiger partial charge in [-0.1, -0.05) is 0 Å². The summed E-state index contributed by atoms with van der Waals surface area (Å²) in [5, 5.41) is 11.7. The van der Waals surface area contributed by atoms with Gasteiger partial charge in [0.25, 0.3) is 5.91 Å². The van der Waals surface area contributed by atoms with Crippen molar-refractivity contribution in [2.75, 3.05) is 27.2 Å². The molecule has 0 radical (unpaired) electrons. The molecule has 1 aromatic carbocycles. The highest BCUT2D eigenvalue weighted by molar-refractivity contribution is 7.89. The van der Waals surface area contributed by atoms with E-state index in [9.17, 15) is 27.9 Å². The average Bonchev–Trinajstić information content (AvgIpc) is 2.57. The second kappa shape index (κ2) is 8.77. The molecule has 0 aliphatic carbocycles. The lowest BCUT2D eigenvalue weighted by atomic mass is 10.1. The molecule has 2 N–H and O–H groups in total. The summed E-state index contributed by atoms with van der Waals surface area (Å²) in [5.41, 5.74) is 0.152. The highest BCUT2D eigenvalue weighted by Gasteiger charge is 2.27. The summed E-state index contributed by atoms with van der Waals surface area (Å²) >= 11 is 0. The third-order valence-electron chi connectivity index (χ3n) is 3.69. The molecule has 10 heteroatoms. The maximum atomic E-state index is 12.7. The number of benzene rings is 1. The van der Waals surface area contributed by atoms with Crippen molar-refractivity contribution in [2.24, 2.45) is 0 Å². The van der Waals surface area contributed by atoms with E-state index >= 15 is 0 Å². The Labute approximate surface area is 152 Å². The number of rotatable bonds is 8. The van der Waals surface area contributed by atoms with Crippen LogP contribution in [0, 0.1) is 0 Å². The van der Waals surface area contributed by atoms with Crippen LogP contribution in [0.4, 0.5) is 0 Å².